The van der Waals surface area contributed by atoms with Gasteiger partial charge in [0.1, 0.15) is 0 Å². The molecule has 2 aromatic carbocycles. The Hall–Kier alpha value is -3.45. The summed E-state index contributed by atoms with van der Waals surface area (Å²) in [5.41, 5.74) is 4.10. The summed E-state index contributed by atoms with van der Waals surface area (Å²) in [6.45, 7) is 4.60. The average molecular weight is 444 g/mol. The molecule has 0 aliphatic carbocycles. The third kappa shape index (κ3) is 5.23. The largest absolute Gasteiger partial charge is 0.325 e. The normalized spacial score (nSPS) is 11.8. The molecule has 2 aromatic heterocycles. The van der Waals surface area contributed by atoms with E-state index in [2.05, 4.69) is 44.1 Å². The molecule has 162 valence electrons. The highest BCUT2D eigenvalue weighted by molar-refractivity contribution is 8.00. The minimum absolute atomic E-state index is 0.0704. The molecule has 32 heavy (non-hydrogen) atoms. The van der Waals surface area contributed by atoms with Crippen molar-refractivity contribution in [3.8, 4) is 11.4 Å². The van der Waals surface area contributed by atoms with Crippen molar-refractivity contribution < 1.29 is 4.79 Å². The maximum atomic E-state index is 12.8. The maximum absolute atomic E-state index is 12.8. The summed E-state index contributed by atoms with van der Waals surface area (Å²) >= 11 is 1.40. The Morgan fingerprint density at radius 3 is 2.38 bits per heavy atom. The molecule has 0 saturated carbocycles. The second-order valence-electron chi connectivity index (χ2n) is 7.41. The fourth-order valence-corrected chi connectivity index (χ4v) is 4.13. The summed E-state index contributed by atoms with van der Waals surface area (Å²) in [6, 6.07) is 21.9. The van der Waals surface area contributed by atoms with E-state index in [1.807, 2.05) is 61.5 Å². The molecule has 0 spiro atoms. The van der Waals surface area contributed by atoms with Gasteiger partial charge in [-0.15, -0.1) is 10.2 Å². The van der Waals surface area contributed by atoms with Crippen molar-refractivity contribution in [2.45, 2.75) is 37.2 Å². The van der Waals surface area contributed by atoms with Crippen LogP contribution in [0.4, 0.5) is 5.69 Å². The molecule has 2 heterocycles. The number of hydrogen-bond acceptors (Lipinski definition) is 5. The maximum Gasteiger partial charge on any atom is 0.237 e. The number of nitrogens with one attached hydrogen (secondary N) is 1. The zero-order valence-corrected chi connectivity index (χ0v) is 18.9. The first-order valence-corrected chi connectivity index (χ1v) is 11.5. The van der Waals surface area contributed by atoms with Gasteiger partial charge in [0.05, 0.1) is 11.8 Å². The van der Waals surface area contributed by atoms with Crippen LogP contribution in [-0.2, 0) is 17.8 Å². The molecule has 1 amide bonds. The minimum Gasteiger partial charge on any atom is -0.325 e. The lowest BCUT2D eigenvalue weighted by atomic mass is 10.1. The van der Waals surface area contributed by atoms with Gasteiger partial charge in [-0.05, 0) is 48.7 Å². The third-order valence-corrected chi connectivity index (χ3v) is 6.20. The van der Waals surface area contributed by atoms with Gasteiger partial charge >= 0.3 is 0 Å². The Bertz CT molecular complexity index is 1160. The number of rotatable bonds is 8. The Morgan fingerprint density at radius 2 is 1.69 bits per heavy atom. The first kappa shape index (κ1) is 21.8. The van der Waals surface area contributed by atoms with Gasteiger partial charge in [0.25, 0.3) is 0 Å². The van der Waals surface area contributed by atoms with Crippen molar-refractivity contribution in [3.63, 3.8) is 0 Å². The molecule has 0 aliphatic heterocycles. The van der Waals surface area contributed by atoms with Crippen LogP contribution in [0.15, 0.2) is 84.3 Å². The lowest BCUT2D eigenvalue weighted by Gasteiger charge is -2.14. The van der Waals surface area contributed by atoms with E-state index in [1.165, 1.54) is 17.3 Å². The quantitative estimate of drug-likeness (QED) is 0.385. The number of aromatic nitrogens is 4. The second-order valence-corrected chi connectivity index (χ2v) is 8.72. The molecule has 4 rings (SSSR count). The van der Waals surface area contributed by atoms with Crippen molar-refractivity contribution in [2.75, 3.05) is 5.32 Å². The van der Waals surface area contributed by atoms with E-state index in [1.54, 1.807) is 12.4 Å². The van der Waals surface area contributed by atoms with Crippen LogP contribution in [0.5, 0.6) is 0 Å². The number of carbonyl (C=O) groups is 1. The summed E-state index contributed by atoms with van der Waals surface area (Å²) in [5, 5.41) is 12.2. The first-order chi connectivity index (χ1) is 15.6. The molecule has 0 fully saturated rings. The molecule has 6 nitrogen and oxygen atoms in total. The van der Waals surface area contributed by atoms with E-state index in [0.717, 1.165) is 29.1 Å². The first-order valence-electron chi connectivity index (χ1n) is 10.6. The Labute approximate surface area is 192 Å². The van der Waals surface area contributed by atoms with Gasteiger partial charge in [-0.2, -0.15) is 0 Å². The van der Waals surface area contributed by atoms with Crippen molar-refractivity contribution in [3.05, 3.63) is 90.3 Å². The Kier molecular flexibility index (Phi) is 6.97. The molecule has 7 heteroatoms. The lowest BCUT2D eigenvalue weighted by molar-refractivity contribution is -0.115. The van der Waals surface area contributed by atoms with Gasteiger partial charge in [-0.3, -0.25) is 14.3 Å². The number of pyridine rings is 1. The monoisotopic (exact) mass is 443 g/mol. The summed E-state index contributed by atoms with van der Waals surface area (Å²) in [6.07, 6.45) is 4.45. The molecular weight excluding hydrogens is 418 g/mol. The number of benzene rings is 2. The van der Waals surface area contributed by atoms with Crippen LogP contribution in [0.25, 0.3) is 11.4 Å². The number of hydrogen-bond donors (Lipinski definition) is 1. The smallest absolute Gasteiger partial charge is 0.237 e. The van der Waals surface area contributed by atoms with Gasteiger partial charge in [-0.25, -0.2) is 0 Å². The van der Waals surface area contributed by atoms with Gasteiger partial charge in [-0.1, -0.05) is 61.2 Å². The van der Waals surface area contributed by atoms with Crippen LogP contribution in [0, 0.1) is 0 Å². The van der Waals surface area contributed by atoms with Gasteiger partial charge < -0.3 is 5.32 Å². The molecule has 0 aliphatic rings. The summed E-state index contributed by atoms with van der Waals surface area (Å²) in [5.74, 6) is 0.681. The predicted molar refractivity (Wildman–Crippen MR) is 129 cm³/mol. The zero-order chi connectivity index (χ0) is 22.3. The third-order valence-electron chi connectivity index (χ3n) is 5.12. The standard InChI is InChI=1S/C25H25N5OS/c1-3-19-9-11-22(12-10-19)27-24(31)18(2)32-25-29-28-23(21-13-15-26-16-14-21)30(25)17-20-7-5-4-6-8-20/h4-16,18H,3,17H2,1-2H3,(H,27,31)/t18-/m1/s1. The van der Waals surface area contributed by atoms with Crippen molar-refractivity contribution in [2.24, 2.45) is 0 Å². The van der Waals surface area contributed by atoms with Crippen LogP contribution in [-0.4, -0.2) is 30.9 Å². The number of nitrogens with zero attached hydrogens (tertiary/aromatic N) is 4. The number of amides is 1. The average Bonchev–Trinajstić information content (AvgIpc) is 3.22. The Morgan fingerprint density at radius 1 is 0.969 bits per heavy atom. The van der Waals surface area contributed by atoms with E-state index >= 15 is 0 Å². The fraction of sp³-hybridized carbons (Fsp3) is 0.200. The molecule has 0 saturated heterocycles. The highest BCUT2D eigenvalue weighted by Crippen LogP contribution is 2.28. The van der Waals surface area contributed by atoms with E-state index in [-0.39, 0.29) is 11.2 Å². The minimum atomic E-state index is -0.343. The summed E-state index contributed by atoms with van der Waals surface area (Å²) in [4.78, 5) is 16.9. The number of aryl methyl sites for hydroxylation is 1. The predicted octanol–water partition coefficient (Wildman–Crippen LogP) is 5.07. The number of carbonyl (C=O) groups excluding carboxylic acids is 1. The van der Waals surface area contributed by atoms with Crippen LogP contribution in [0.3, 0.4) is 0 Å². The van der Waals surface area contributed by atoms with Gasteiger partial charge in [0, 0.05) is 23.6 Å². The van der Waals surface area contributed by atoms with Crippen LogP contribution < -0.4 is 5.32 Å². The lowest BCUT2D eigenvalue weighted by Crippen LogP contribution is -2.23. The summed E-state index contributed by atoms with van der Waals surface area (Å²) < 4.78 is 2.05. The molecular formula is C25H25N5OS. The molecule has 0 bridgehead atoms. The molecule has 0 radical (unpaired) electrons. The Balaban J connectivity index is 1.55. The van der Waals surface area contributed by atoms with Crippen molar-refractivity contribution >= 4 is 23.4 Å². The van der Waals surface area contributed by atoms with Crippen molar-refractivity contribution in [1.82, 2.24) is 19.7 Å². The van der Waals surface area contributed by atoms with Crippen LogP contribution in [0.2, 0.25) is 0 Å². The second kappa shape index (κ2) is 10.2. The topological polar surface area (TPSA) is 72.7 Å². The fourth-order valence-electron chi connectivity index (χ4n) is 3.28. The molecule has 1 atom stereocenters. The highest BCUT2D eigenvalue weighted by atomic mass is 32.2. The highest BCUT2D eigenvalue weighted by Gasteiger charge is 2.21. The molecule has 1 N–H and O–H groups in total. The molecule has 0 unspecified atom stereocenters. The van der Waals surface area contributed by atoms with E-state index in [9.17, 15) is 4.79 Å². The number of anilines is 1. The zero-order valence-electron chi connectivity index (χ0n) is 18.1. The van der Waals surface area contributed by atoms with E-state index in [0.29, 0.717) is 11.7 Å². The van der Waals surface area contributed by atoms with Crippen LogP contribution >= 0.6 is 11.8 Å². The molecule has 4 aromatic rings. The number of thioether (sulfide) groups is 1. The SMILES string of the molecule is CCc1ccc(NC(=O)[C@@H](C)Sc2nnc(-c3ccncc3)n2Cc2ccccc2)cc1. The van der Waals surface area contributed by atoms with Crippen LogP contribution in [0.1, 0.15) is 25.0 Å². The summed E-state index contributed by atoms with van der Waals surface area (Å²) in [7, 11) is 0. The van der Waals surface area contributed by atoms with Gasteiger partial charge in [0.2, 0.25) is 5.91 Å². The van der Waals surface area contributed by atoms with Gasteiger partial charge in [0.15, 0.2) is 11.0 Å². The van der Waals surface area contributed by atoms with Crippen molar-refractivity contribution in [1.29, 1.82) is 0 Å². The van der Waals surface area contributed by atoms with E-state index < -0.39 is 0 Å². The van der Waals surface area contributed by atoms with E-state index in [4.69, 9.17) is 0 Å².